The lowest BCUT2D eigenvalue weighted by atomic mass is 10.1. The Bertz CT molecular complexity index is 1100. The Kier molecular flexibility index (Phi) is 5.28. The summed E-state index contributed by atoms with van der Waals surface area (Å²) in [5.74, 6) is -1.12. The Hall–Kier alpha value is -3.12. The van der Waals surface area contributed by atoms with Crippen LogP contribution in [0.3, 0.4) is 0 Å². The normalized spacial score (nSPS) is 10.6. The Morgan fingerprint density at radius 3 is 2.63 bits per heavy atom. The van der Waals surface area contributed by atoms with Crippen molar-refractivity contribution in [2.45, 2.75) is 20.5 Å². The van der Waals surface area contributed by atoms with Crippen LogP contribution in [0, 0.1) is 6.92 Å². The van der Waals surface area contributed by atoms with E-state index in [-0.39, 0.29) is 22.9 Å². The fourth-order valence-electron chi connectivity index (χ4n) is 2.43. The summed E-state index contributed by atoms with van der Waals surface area (Å²) in [6.45, 7) is 3.20. The molecule has 7 heteroatoms. The SMILES string of the molecule is CC(=O)OCc1ccc2oc(=O)c(C(=O)Oc3cc(C)ccc3Cl)cc2c1. The van der Waals surface area contributed by atoms with Crippen LogP contribution in [-0.4, -0.2) is 11.9 Å². The van der Waals surface area contributed by atoms with Gasteiger partial charge >= 0.3 is 17.6 Å². The maximum atomic E-state index is 12.4. The van der Waals surface area contributed by atoms with Crippen molar-refractivity contribution in [3.05, 3.63) is 74.6 Å². The van der Waals surface area contributed by atoms with Crippen LogP contribution >= 0.6 is 11.6 Å². The first kappa shape index (κ1) is 18.7. The molecule has 2 aromatic carbocycles. The number of hydrogen-bond donors (Lipinski definition) is 0. The first-order valence-corrected chi connectivity index (χ1v) is 8.40. The van der Waals surface area contributed by atoms with E-state index in [0.29, 0.717) is 16.5 Å². The van der Waals surface area contributed by atoms with Crippen LogP contribution in [0.1, 0.15) is 28.4 Å². The van der Waals surface area contributed by atoms with Crippen LogP contribution in [0.2, 0.25) is 5.02 Å². The van der Waals surface area contributed by atoms with Crippen molar-refractivity contribution in [3.8, 4) is 5.75 Å². The fourth-order valence-corrected chi connectivity index (χ4v) is 2.59. The molecule has 0 unspecified atom stereocenters. The molecule has 6 nitrogen and oxygen atoms in total. The topological polar surface area (TPSA) is 82.8 Å². The quantitative estimate of drug-likeness (QED) is 0.382. The van der Waals surface area contributed by atoms with Gasteiger partial charge in [0.05, 0.1) is 5.02 Å². The summed E-state index contributed by atoms with van der Waals surface area (Å²) >= 11 is 6.02. The lowest BCUT2D eigenvalue weighted by molar-refractivity contribution is -0.142. The zero-order valence-electron chi connectivity index (χ0n) is 14.6. The van der Waals surface area contributed by atoms with Crippen molar-refractivity contribution in [2.24, 2.45) is 0 Å². The standard InChI is InChI=1S/C20H15ClO6/c1-11-3-5-16(21)18(7-11)27-20(24)15-9-14-8-13(10-25-12(2)22)4-6-17(14)26-19(15)23/h3-9H,10H2,1-2H3. The highest BCUT2D eigenvalue weighted by atomic mass is 35.5. The number of aryl methyl sites for hydroxylation is 1. The molecule has 0 amide bonds. The second kappa shape index (κ2) is 7.63. The highest BCUT2D eigenvalue weighted by molar-refractivity contribution is 6.32. The van der Waals surface area contributed by atoms with Crippen LogP contribution in [0.25, 0.3) is 11.0 Å². The number of hydrogen-bond acceptors (Lipinski definition) is 6. The average molecular weight is 387 g/mol. The molecule has 0 saturated carbocycles. The van der Waals surface area contributed by atoms with E-state index in [9.17, 15) is 14.4 Å². The second-order valence-electron chi connectivity index (χ2n) is 5.92. The molecule has 3 aromatic rings. The number of rotatable bonds is 4. The molecule has 0 saturated heterocycles. The van der Waals surface area contributed by atoms with Gasteiger partial charge in [0.15, 0.2) is 0 Å². The van der Waals surface area contributed by atoms with Gasteiger partial charge in [0.1, 0.15) is 23.5 Å². The Labute approximate surface area is 159 Å². The molecular formula is C20H15ClO6. The second-order valence-corrected chi connectivity index (χ2v) is 6.33. The van der Waals surface area contributed by atoms with Gasteiger partial charge in [-0.05, 0) is 48.4 Å². The minimum Gasteiger partial charge on any atom is -0.461 e. The average Bonchev–Trinajstić information content (AvgIpc) is 2.62. The minimum absolute atomic E-state index is 0.0725. The molecule has 0 N–H and O–H groups in total. The summed E-state index contributed by atoms with van der Waals surface area (Å²) in [6, 6.07) is 11.3. The first-order valence-electron chi connectivity index (χ1n) is 8.02. The van der Waals surface area contributed by atoms with Crippen molar-refractivity contribution in [3.63, 3.8) is 0 Å². The van der Waals surface area contributed by atoms with Gasteiger partial charge in [0.25, 0.3) is 0 Å². The Balaban J connectivity index is 1.94. The summed E-state index contributed by atoms with van der Waals surface area (Å²) in [5, 5.41) is 0.754. The van der Waals surface area contributed by atoms with Crippen molar-refractivity contribution < 1.29 is 23.5 Å². The molecular weight excluding hydrogens is 372 g/mol. The first-order chi connectivity index (χ1) is 12.8. The maximum Gasteiger partial charge on any atom is 0.351 e. The van der Waals surface area contributed by atoms with E-state index in [1.807, 2.05) is 6.92 Å². The molecule has 0 bridgehead atoms. The van der Waals surface area contributed by atoms with E-state index in [1.54, 1.807) is 36.4 Å². The third kappa shape index (κ3) is 4.35. The van der Waals surface area contributed by atoms with E-state index in [2.05, 4.69) is 0 Å². The van der Waals surface area contributed by atoms with Gasteiger partial charge in [-0.15, -0.1) is 0 Å². The third-order valence-electron chi connectivity index (χ3n) is 3.75. The van der Waals surface area contributed by atoms with Crippen molar-refractivity contribution >= 4 is 34.5 Å². The van der Waals surface area contributed by atoms with Gasteiger partial charge in [-0.25, -0.2) is 9.59 Å². The lowest BCUT2D eigenvalue weighted by Gasteiger charge is -2.08. The van der Waals surface area contributed by atoms with Gasteiger partial charge in [-0.3, -0.25) is 4.79 Å². The number of ether oxygens (including phenoxy) is 2. The number of fused-ring (bicyclic) bond motifs is 1. The molecule has 0 aliphatic carbocycles. The molecule has 27 heavy (non-hydrogen) atoms. The van der Waals surface area contributed by atoms with E-state index >= 15 is 0 Å². The van der Waals surface area contributed by atoms with Gasteiger partial charge in [-0.2, -0.15) is 0 Å². The van der Waals surface area contributed by atoms with E-state index in [0.717, 1.165) is 5.56 Å². The minimum atomic E-state index is -0.872. The number of benzene rings is 2. The number of carbonyl (C=O) groups excluding carboxylic acids is 2. The Morgan fingerprint density at radius 1 is 1.11 bits per heavy atom. The maximum absolute atomic E-state index is 12.4. The largest absolute Gasteiger partial charge is 0.461 e. The molecule has 0 aliphatic rings. The summed E-state index contributed by atoms with van der Waals surface area (Å²) < 4.78 is 15.4. The highest BCUT2D eigenvalue weighted by Gasteiger charge is 2.18. The fraction of sp³-hybridized carbons (Fsp3) is 0.150. The van der Waals surface area contributed by atoms with Crippen LogP contribution in [0.4, 0.5) is 0 Å². The molecule has 0 fully saturated rings. The summed E-state index contributed by atoms with van der Waals surface area (Å²) in [4.78, 5) is 35.5. The molecule has 0 spiro atoms. The van der Waals surface area contributed by atoms with Crippen molar-refractivity contribution in [1.29, 1.82) is 0 Å². The highest BCUT2D eigenvalue weighted by Crippen LogP contribution is 2.26. The number of halogens is 1. The van der Waals surface area contributed by atoms with Crippen LogP contribution in [0.15, 0.2) is 51.7 Å². The molecule has 0 radical (unpaired) electrons. The molecule has 1 aromatic heterocycles. The molecule has 3 rings (SSSR count). The van der Waals surface area contributed by atoms with Crippen molar-refractivity contribution in [1.82, 2.24) is 0 Å². The van der Waals surface area contributed by atoms with Gasteiger partial charge in [0.2, 0.25) is 0 Å². The summed E-state index contributed by atoms with van der Waals surface area (Å²) in [7, 11) is 0. The van der Waals surface area contributed by atoms with Crippen molar-refractivity contribution in [2.75, 3.05) is 0 Å². The predicted molar refractivity (Wildman–Crippen MR) is 99.1 cm³/mol. The summed E-state index contributed by atoms with van der Waals surface area (Å²) in [5.41, 5.74) is 0.765. The molecule has 138 valence electrons. The molecule has 0 aliphatic heterocycles. The smallest absolute Gasteiger partial charge is 0.351 e. The third-order valence-corrected chi connectivity index (χ3v) is 4.06. The van der Waals surface area contributed by atoms with Gasteiger partial charge in [-0.1, -0.05) is 23.7 Å². The van der Waals surface area contributed by atoms with E-state index in [1.165, 1.54) is 13.0 Å². The molecule has 0 atom stereocenters. The Morgan fingerprint density at radius 2 is 1.89 bits per heavy atom. The van der Waals surface area contributed by atoms with E-state index < -0.39 is 17.6 Å². The van der Waals surface area contributed by atoms with Crippen LogP contribution in [-0.2, 0) is 16.1 Å². The van der Waals surface area contributed by atoms with Gasteiger partial charge < -0.3 is 13.9 Å². The van der Waals surface area contributed by atoms with E-state index in [4.69, 9.17) is 25.5 Å². The predicted octanol–water partition coefficient (Wildman–Crippen LogP) is 4.04. The summed E-state index contributed by atoms with van der Waals surface area (Å²) in [6.07, 6.45) is 0. The van der Waals surface area contributed by atoms with Gasteiger partial charge in [0, 0.05) is 12.3 Å². The number of esters is 2. The zero-order valence-corrected chi connectivity index (χ0v) is 15.3. The zero-order chi connectivity index (χ0) is 19.6. The van der Waals surface area contributed by atoms with Crippen LogP contribution < -0.4 is 10.4 Å². The lowest BCUT2D eigenvalue weighted by Crippen LogP contribution is -2.19. The van der Waals surface area contributed by atoms with Crippen LogP contribution in [0.5, 0.6) is 5.75 Å². The molecule has 1 heterocycles. The monoisotopic (exact) mass is 386 g/mol. The number of carbonyl (C=O) groups is 2.